The first-order valence-electron chi connectivity index (χ1n) is 6.93. The molecule has 0 unspecified atom stereocenters. The van der Waals surface area contributed by atoms with Crippen LogP contribution in [0.2, 0.25) is 0 Å². The molecule has 1 heteroatoms. The van der Waals surface area contributed by atoms with Crippen molar-refractivity contribution in [2.24, 2.45) is 5.73 Å². The van der Waals surface area contributed by atoms with Crippen molar-refractivity contribution in [1.82, 2.24) is 0 Å². The van der Waals surface area contributed by atoms with Gasteiger partial charge in [-0.3, -0.25) is 0 Å². The predicted octanol–water partition coefficient (Wildman–Crippen LogP) is 4.46. The molecule has 0 aliphatic rings. The molecule has 0 saturated carbocycles. The number of nitrogens with two attached hydrogens (primary N) is 1. The first-order valence-corrected chi connectivity index (χ1v) is 6.93. The molecule has 1 nitrogen and oxygen atoms in total. The van der Waals surface area contributed by atoms with E-state index in [-0.39, 0.29) is 0 Å². The van der Waals surface area contributed by atoms with E-state index >= 15 is 0 Å². The monoisotopic (exact) mass is 212 g/mol. The second kappa shape index (κ2) is 14.0. The Morgan fingerprint density at radius 2 is 1.27 bits per heavy atom. The molecule has 2 N–H and O–H groups in total. The summed E-state index contributed by atoms with van der Waals surface area (Å²) >= 11 is 0. The van der Waals surface area contributed by atoms with Crippen LogP contribution in [0.25, 0.3) is 0 Å². The van der Waals surface area contributed by atoms with Gasteiger partial charge in [0.05, 0.1) is 0 Å². The van der Waals surface area contributed by atoms with E-state index in [2.05, 4.69) is 13.3 Å². The van der Waals surface area contributed by atoms with Gasteiger partial charge in [-0.2, -0.15) is 0 Å². The van der Waals surface area contributed by atoms with Crippen LogP contribution >= 0.6 is 0 Å². The third kappa shape index (κ3) is 14.0. The maximum Gasteiger partial charge on any atom is -0.00772 e. The van der Waals surface area contributed by atoms with Crippen molar-refractivity contribution in [1.29, 1.82) is 0 Å². The topological polar surface area (TPSA) is 26.0 Å². The fourth-order valence-corrected chi connectivity index (χ4v) is 1.83. The fraction of sp³-hybridized carbons (Fsp3) is 0.929. The molecular weight excluding hydrogens is 182 g/mol. The quantitative estimate of drug-likeness (QED) is 0.475. The van der Waals surface area contributed by atoms with Crippen LogP contribution in [0.1, 0.15) is 77.6 Å². The molecule has 0 saturated heterocycles. The van der Waals surface area contributed by atoms with Crippen LogP contribution in [0.4, 0.5) is 0 Å². The lowest BCUT2D eigenvalue weighted by atomic mass is 10.1. The number of hydrogen-bond acceptors (Lipinski definition) is 1. The van der Waals surface area contributed by atoms with E-state index in [0.29, 0.717) is 0 Å². The fourth-order valence-electron chi connectivity index (χ4n) is 1.83. The molecule has 0 heterocycles. The maximum absolute atomic E-state index is 5.43. The Hall–Kier alpha value is -0.0400. The second-order valence-corrected chi connectivity index (χ2v) is 4.48. The zero-order chi connectivity index (χ0) is 11.2. The summed E-state index contributed by atoms with van der Waals surface area (Å²) in [5, 5.41) is 0. The van der Waals surface area contributed by atoms with Crippen molar-refractivity contribution < 1.29 is 0 Å². The first-order chi connectivity index (χ1) is 7.41. The zero-order valence-corrected chi connectivity index (χ0v) is 10.6. The summed E-state index contributed by atoms with van der Waals surface area (Å²) in [4.78, 5) is 0. The highest BCUT2D eigenvalue weighted by atomic mass is 14.5. The molecule has 0 aliphatic carbocycles. The van der Waals surface area contributed by atoms with Gasteiger partial charge in [-0.05, 0) is 25.8 Å². The predicted molar refractivity (Wildman–Crippen MR) is 69.8 cm³/mol. The van der Waals surface area contributed by atoms with Crippen LogP contribution < -0.4 is 5.73 Å². The summed E-state index contributed by atoms with van der Waals surface area (Å²) in [7, 11) is 0. The van der Waals surface area contributed by atoms with Crippen LogP contribution in [0.3, 0.4) is 0 Å². The van der Waals surface area contributed by atoms with E-state index in [1.54, 1.807) is 0 Å². The van der Waals surface area contributed by atoms with Gasteiger partial charge in [0.25, 0.3) is 0 Å². The summed E-state index contributed by atoms with van der Waals surface area (Å²) < 4.78 is 0. The molecule has 15 heavy (non-hydrogen) atoms. The van der Waals surface area contributed by atoms with Gasteiger partial charge >= 0.3 is 0 Å². The van der Waals surface area contributed by atoms with Crippen molar-refractivity contribution in [2.75, 3.05) is 6.54 Å². The van der Waals surface area contributed by atoms with E-state index in [4.69, 9.17) is 5.73 Å². The molecule has 1 radical (unpaired) electrons. The van der Waals surface area contributed by atoms with Crippen molar-refractivity contribution in [3.05, 3.63) is 6.42 Å². The van der Waals surface area contributed by atoms with E-state index in [1.807, 2.05) is 0 Å². The Balaban J connectivity index is 2.81. The van der Waals surface area contributed by atoms with E-state index in [9.17, 15) is 0 Å². The highest BCUT2D eigenvalue weighted by Gasteiger charge is 1.92. The molecule has 91 valence electrons. The zero-order valence-electron chi connectivity index (χ0n) is 10.6. The Kier molecular flexibility index (Phi) is 13.9. The molecule has 0 bridgehead atoms. The molecular formula is C14H30N. The third-order valence-electron chi connectivity index (χ3n) is 2.87. The molecule has 0 rings (SSSR count). The van der Waals surface area contributed by atoms with Gasteiger partial charge < -0.3 is 5.73 Å². The highest BCUT2D eigenvalue weighted by Crippen LogP contribution is 2.11. The Morgan fingerprint density at radius 3 is 1.87 bits per heavy atom. The van der Waals surface area contributed by atoms with Gasteiger partial charge in [-0.15, -0.1) is 0 Å². The van der Waals surface area contributed by atoms with Gasteiger partial charge in [-0.1, -0.05) is 64.7 Å². The van der Waals surface area contributed by atoms with E-state index in [0.717, 1.165) is 13.0 Å². The lowest BCUT2D eigenvalue weighted by Gasteiger charge is -2.01. The second-order valence-electron chi connectivity index (χ2n) is 4.48. The smallest absolute Gasteiger partial charge is 0.00772 e. The van der Waals surface area contributed by atoms with Crippen LogP contribution in [0, 0.1) is 6.42 Å². The number of hydrogen-bond donors (Lipinski definition) is 1. The summed E-state index contributed by atoms with van der Waals surface area (Å²) in [6.07, 6.45) is 17.5. The highest BCUT2D eigenvalue weighted by molar-refractivity contribution is 4.64. The molecule has 0 amide bonds. The van der Waals surface area contributed by atoms with Gasteiger partial charge in [0, 0.05) is 0 Å². The summed E-state index contributed by atoms with van der Waals surface area (Å²) in [5.74, 6) is 0. The van der Waals surface area contributed by atoms with Crippen molar-refractivity contribution in [3.8, 4) is 0 Å². The number of rotatable bonds is 12. The van der Waals surface area contributed by atoms with E-state index < -0.39 is 0 Å². The Bertz CT molecular complexity index is 89.5. The molecule has 0 aliphatic heterocycles. The normalized spacial score (nSPS) is 10.8. The molecule has 0 atom stereocenters. The van der Waals surface area contributed by atoms with Crippen molar-refractivity contribution >= 4 is 0 Å². The molecule has 0 spiro atoms. The number of unbranched alkanes of at least 4 members (excludes halogenated alkanes) is 11. The molecule has 0 aromatic rings. The molecule has 0 aromatic heterocycles. The Morgan fingerprint density at radius 1 is 0.733 bits per heavy atom. The lowest BCUT2D eigenvalue weighted by Crippen LogP contribution is -1.97. The van der Waals surface area contributed by atoms with Crippen molar-refractivity contribution in [2.45, 2.75) is 77.6 Å². The molecule has 0 fully saturated rings. The first kappa shape index (κ1) is 15.0. The standard InChI is InChI=1S/C14H30N/c1-2-3-4-5-6-7-8-9-10-11-12-13-14-15/h11H,2-10,12-15H2,1H3. The summed E-state index contributed by atoms with van der Waals surface area (Å²) in [6.45, 7) is 3.12. The largest absolute Gasteiger partial charge is 0.330 e. The van der Waals surface area contributed by atoms with Crippen molar-refractivity contribution in [3.63, 3.8) is 0 Å². The van der Waals surface area contributed by atoms with Gasteiger partial charge in [-0.25, -0.2) is 0 Å². The minimum Gasteiger partial charge on any atom is -0.330 e. The van der Waals surface area contributed by atoms with Gasteiger partial charge in [0.2, 0.25) is 0 Å². The van der Waals surface area contributed by atoms with Gasteiger partial charge in [0.15, 0.2) is 0 Å². The minimum absolute atomic E-state index is 0.841. The lowest BCUT2D eigenvalue weighted by molar-refractivity contribution is 0.571. The Labute approximate surface area is 96.8 Å². The van der Waals surface area contributed by atoms with Crippen LogP contribution in [0.15, 0.2) is 0 Å². The summed E-state index contributed by atoms with van der Waals surface area (Å²) in [5.41, 5.74) is 5.43. The third-order valence-corrected chi connectivity index (χ3v) is 2.87. The SMILES string of the molecule is CCCCCCCCCC[CH]CCCN. The maximum atomic E-state index is 5.43. The van der Waals surface area contributed by atoms with Crippen LogP contribution in [-0.4, -0.2) is 6.54 Å². The summed E-state index contributed by atoms with van der Waals surface area (Å²) in [6, 6.07) is 0. The minimum atomic E-state index is 0.841. The van der Waals surface area contributed by atoms with Gasteiger partial charge in [0.1, 0.15) is 0 Å². The average molecular weight is 212 g/mol. The van der Waals surface area contributed by atoms with E-state index in [1.165, 1.54) is 64.2 Å². The van der Waals surface area contributed by atoms with Crippen LogP contribution in [-0.2, 0) is 0 Å². The average Bonchev–Trinajstić information content (AvgIpc) is 2.26. The molecule has 0 aromatic carbocycles. The van der Waals surface area contributed by atoms with Crippen LogP contribution in [0.5, 0.6) is 0 Å².